The van der Waals surface area contributed by atoms with E-state index in [0.29, 0.717) is 0 Å². The Bertz CT molecular complexity index is 397. The summed E-state index contributed by atoms with van der Waals surface area (Å²) in [4.78, 5) is 12.5. The molecule has 3 rings (SSSR count). The van der Waals surface area contributed by atoms with Crippen molar-refractivity contribution in [3.8, 4) is 0 Å². The Morgan fingerprint density at radius 1 is 1.00 bits per heavy atom. The molecule has 5 heteroatoms. The molecule has 2 unspecified atom stereocenters. The van der Waals surface area contributed by atoms with E-state index in [1.165, 1.54) is 77.3 Å². The van der Waals surface area contributed by atoms with Crippen molar-refractivity contribution in [2.45, 2.75) is 39.0 Å². The highest BCUT2D eigenvalue weighted by molar-refractivity contribution is 5.80. The molecule has 0 radical (unpaired) electrons. The Hall–Kier alpha value is -0.810. The first kappa shape index (κ1) is 18.0. The summed E-state index contributed by atoms with van der Waals surface area (Å²) in [5.74, 6) is 3.01. The molecule has 0 aromatic rings. The first-order valence-electron chi connectivity index (χ1n) is 10.2. The Morgan fingerprint density at radius 3 is 2.46 bits per heavy atom. The summed E-state index contributed by atoms with van der Waals surface area (Å²) in [6.45, 7) is 12.5. The number of nitrogens with zero attached hydrogens (tertiary/aromatic N) is 4. The summed E-state index contributed by atoms with van der Waals surface area (Å²) in [7, 11) is 2.23. The highest BCUT2D eigenvalue weighted by atomic mass is 15.3. The van der Waals surface area contributed by atoms with Gasteiger partial charge in [0.1, 0.15) is 0 Å². The van der Waals surface area contributed by atoms with Crippen LogP contribution in [0.4, 0.5) is 0 Å². The quantitative estimate of drug-likeness (QED) is 0.626. The molecule has 3 aliphatic rings. The molecule has 138 valence electrons. The number of likely N-dealkylation sites (N-methyl/N-ethyl adjacent to an activating group) is 1. The van der Waals surface area contributed by atoms with E-state index in [-0.39, 0.29) is 0 Å². The number of nitrogens with one attached hydrogen (secondary N) is 1. The first-order chi connectivity index (χ1) is 11.8. The minimum absolute atomic E-state index is 0.920. The number of fused-ring (bicyclic) bond motifs is 1. The van der Waals surface area contributed by atoms with Crippen molar-refractivity contribution in [3.63, 3.8) is 0 Å². The summed E-state index contributed by atoms with van der Waals surface area (Å²) in [5, 5.41) is 3.54. The molecule has 1 N–H and O–H groups in total. The maximum atomic E-state index is 4.97. The van der Waals surface area contributed by atoms with E-state index in [2.05, 4.69) is 34.0 Å². The van der Waals surface area contributed by atoms with Gasteiger partial charge in [0.15, 0.2) is 5.96 Å². The van der Waals surface area contributed by atoms with Crippen LogP contribution < -0.4 is 5.32 Å². The fourth-order valence-corrected chi connectivity index (χ4v) is 4.63. The van der Waals surface area contributed by atoms with Gasteiger partial charge < -0.3 is 20.0 Å². The van der Waals surface area contributed by atoms with E-state index in [9.17, 15) is 0 Å². The molecule has 24 heavy (non-hydrogen) atoms. The van der Waals surface area contributed by atoms with Crippen LogP contribution in [0.25, 0.3) is 0 Å². The Labute approximate surface area is 148 Å². The zero-order valence-corrected chi connectivity index (χ0v) is 15.8. The van der Waals surface area contributed by atoms with Crippen molar-refractivity contribution in [1.29, 1.82) is 0 Å². The van der Waals surface area contributed by atoms with Crippen LogP contribution in [0.5, 0.6) is 0 Å². The molecule has 1 saturated carbocycles. The van der Waals surface area contributed by atoms with Crippen LogP contribution in [0.3, 0.4) is 0 Å². The van der Waals surface area contributed by atoms with Gasteiger partial charge in [-0.2, -0.15) is 0 Å². The number of hydrogen-bond acceptors (Lipinski definition) is 3. The lowest BCUT2D eigenvalue weighted by atomic mass is 9.82. The van der Waals surface area contributed by atoms with Crippen molar-refractivity contribution in [3.05, 3.63) is 0 Å². The second-order valence-corrected chi connectivity index (χ2v) is 7.94. The first-order valence-corrected chi connectivity index (χ1v) is 10.2. The Kier molecular flexibility index (Phi) is 6.78. The Morgan fingerprint density at radius 2 is 1.75 bits per heavy atom. The summed E-state index contributed by atoms with van der Waals surface area (Å²) in [6.07, 6.45) is 7.03. The van der Waals surface area contributed by atoms with Crippen LogP contribution in [0.15, 0.2) is 4.99 Å². The van der Waals surface area contributed by atoms with Gasteiger partial charge in [0.2, 0.25) is 0 Å². The van der Waals surface area contributed by atoms with Crippen molar-refractivity contribution in [2.75, 3.05) is 66.0 Å². The molecule has 5 nitrogen and oxygen atoms in total. The van der Waals surface area contributed by atoms with E-state index in [1.807, 2.05) is 0 Å². The number of aliphatic imine (C=N–C) groups is 1. The third-order valence-electron chi connectivity index (χ3n) is 6.10. The molecule has 3 fully saturated rings. The molecule has 2 aliphatic heterocycles. The lowest BCUT2D eigenvalue weighted by Crippen LogP contribution is -2.41. The average molecular weight is 336 g/mol. The molecule has 0 amide bonds. The molecule has 2 saturated heterocycles. The minimum atomic E-state index is 0.920. The van der Waals surface area contributed by atoms with Gasteiger partial charge in [-0.25, -0.2) is 0 Å². The van der Waals surface area contributed by atoms with Gasteiger partial charge in [-0.15, -0.1) is 0 Å². The van der Waals surface area contributed by atoms with E-state index in [0.717, 1.165) is 31.5 Å². The van der Waals surface area contributed by atoms with E-state index >= 15 is 0 Å². The predicted octanol–water partition coefficient (Wildman–Crippen LogP) is 1.71. The molecule has 0 aromatic heterocycles. The van der Waals surface area contributed by atoms with Crippen molar-refractivity contribution >= 4 is 5.96 Å². The monoisotopic (exact) mass is 335 g/mol. The highest BCUT2D eigenvalue weighted by Crippen LogP contribution is 2.35. The van der Waals surface area contributed by atoms with Gasteiger partial charge in [-0.3, -0.25) is 4.99 Å². The van der Waals surface area contributed by atoms with Crippen molar-refractivity contribution < 1.29 is 0 Å². The molecule has 0 spiro atoms. The van der Waals surface area contributed by atoms with Gasteiger partial charge in [0.25, 0.3) is 0 Å². The summed E-state index contributed by atoms with van der Waals surface area (Å²) in [5.41, 5.74) is 0. The van der Waals surface area contributed by atoms with E-state index < -0.39 is 0 Å². The van der Waals surface area contributed by atoms with Crippen LogP contribution >= 0.6 is 0 Å². The maximum Gasteiger partial charge on any atom is 0.193 e. The smallest absolute Gasteiger partial charge is 0.193 e. The summed E-state index contributed by atoms with van der Waals surface area (Å²) in [6, 6.07) is 0. The van der Waals surface area contributed by atoms with Crippen LogP contribution in [0.1, 0.15) is 39.0 Å². The van der Waals surface area contributed by atoms with E-state index in [1.54, 1.807) is 0 Å². The maximum absolute atomic E-state index is 4.97. The standard InChI is InChI=1S/C19H37N5/c1-3-20-19(24-15-17-7-4-5-8-18(17)16-24)21-9-12-23-11-6-10-22(2)13-14-23/h17-18H,3-16H2,1-2H3,(H,20,21). The highest BCUT2D eigenvalue weighted by Gasteiger charge is 2.35. The SMILES string of the molecule is CCNC(=NCCN1CCCN(C)CC1)N1CC2CCCCC2C1. The fourth-order valence-electron chi connectivity index (χ4n) is 4.63. The molecule has 2 heterocycles. The Balaban J connectivity index is 1.50. The second kappa shape index (κ2) is 9.04. The fraction of sp³-hybridized carbons (Fsp3) is 0.947. The number of rotatable bonds is 4. The minimum Gasteiger partial charge on any atom is -0.357 e. The van der Waals surface area contributed by atoms with E-state index in [4.69, 9.17) is 4.99 Å². The molecule has 0 aromatic carbocycles. The zero-order valence-electron chi connectivity index (χ0n) is 15.8. The molecular formula is C19H37N5. The van der Waals surface area contributed by atoms with Gasteiger partial charge in [-0.1, -0.05) is 12.8 Å². The topological polar surface area (TPSA) is 34.1 Å². The average Bonchev–Trinajstić information content (AvgIpc) is 2.91. The van der Waals surface area contributed by atoms with Gasteiger partial charge in [0.05, 0.1) is 6.54 Å². The normalized spacial score (nSPS) is 30.2. The lowest BCUT2D eigenvalue weighted by Gasteiger charge is -2.23. The van der Waals surface area contributed by atoms with Crippen LogP contribution in [-0.2, 0) is 0 Å². The van der Waals surface area contributed by atoms with Crippen LogP contribution in [0.2, 0.25) is 0 Å². The zero-order chi connectivity index (χ0) is 16.8. The molecule has 1 aliphatic carbocycles. The number of likely N-dealkylation sites (tertiary alicyclic amines) is 1. The number of hydrogen-bond donors (Lipinski definition) is 1. The predicted molar refractivity (Wildman–Crippen MR) is 102 cm³/mol. The van der Waals surface area contributed by atoms with Gasteiger partial charge in [0, 0.05) is 39.3 Å². The summed E-state index contributed by atoms with van der Waals surface area (Å²) < 4.78 is 0. The van der Waals surface area contributed by atoms with Crippen LogP contribution in [0, 0.1) is 11.8 Å². The third kappa shape index (κ3) is 4.85. The largest absolute Gasteiger partial charge is 0.357 e. The lowest BCUT2D eigenvalue weighted by molar-refractivity contribution is 0.282. The third-order valence-corrected chi connectivity index (χ3v) is 6.10. The molecular weight excluding hydrogens is 298 g/mol. The van der Waals surface area contributed by atoms with Crippen molar-refractivity contribution in [2.24, 2.45) is 16.8 Å². The number of guanidine groups is 1. The van der Waals surface area contributed by atoms with Gasteiger partial charge >= 0.3 is 0 Å². The van der Waals surface area contributed by atoms with Crippen molar-refractivity contribution in [1.82, 2.24) is 20.0 Å². The van der Waals surface area contributed by atoms with Gasteiger partial charge in [-0.05, 0) is 58.2 Å². The second-order valence-electron chi connectivity index (χ2n) is 7.94. The molecule has 0 bridgehead atoms. The van der Waals surface area contributed by atoms with Crippen LogP contribution in [-0.4, -0.2) is 86.6 Å². The molecule has 2 atom stereocenters. The summed E-state index contributed by atoms with van der Waals surface area (Å²) >= 11 is 0.